The molecular formula is C20H26N6O2. The number of amides is 1. The van der Waals surface area contributed by atoms with Crippen molar-refractivity contribution in [1.29, 1.82) is 0 Å². The molecule has 0 aromatic carbocycles. The highest BCUT2D eigenvalue weighted by atomic mass is 16.5. The lowest BCUT2D eigenvalue weighted by molar-refractivity contribution is 0.0742. The van der Waals surface area contributed by atoms with Crippen molar-refractivity contribution in [3.05, 3.63) is 36.2 Å². The van der Waals surface area contributed by atoms with E-state index in [4.69, 9.17) is 9.72 Å². The van der Waals surface area contributed by atoms with Crippen LogP contribution in [-0.2, 0) is 0 Å². The Bertz CT molecular complexity index is 816. The van der Waals surface area contributed by atoms with Gasteiger partial charge in [0, 0.05) is 51.7 Å². The first kappa shape index (κ1) is 18.5. The van der Waals surface area contributed by atoms with E-state index in [1.807, 2.05) is 17.2 Å². The highest BCUT2D eigenvalue weighted by Crippen LogP contribution is 2.21. The minimum atomic E-state index is -0.0405. The SMILES string of the molecule is COc1ncccc1C(=O)N1CCN(c2ccnc(N3CCCCC3)n2)CC1. The topological polar surface area (TPSA) is 74.7 Å². The lowest BCUT2D eigenvalue weighted by atomic mass is 10.1. The van der Waals surface area contributed by atoms with Gasteiger partial charge in [-0.1, -0.05) is 0 Å². The summed E-state index contributed by atoms with van der Waals surface area (Å²) in [7, 11) is 1.53. The Morgan fingerprint density at radius 3 is 2.46 bits per heavy atom. The molecule has 2 fully saturated rings. The molecular weight excluding hydrogens is 356 g/mol. The van der Waals surface area contributed by atoms with E-state index in [0.717, 1.165) is 37.9 Å². The molecule has 1 amide bonds. The van der Waals surface area contributed by atoms with Crippen LogP contribution in [0.1, 0.15) is 29.6 Å². The van der Waals surface area contributed by atoms with E-state index in [-0.39, 0.29) is 5.91 Å². The minimum Gasteiger partial charge on any atom is -0.480 e. The molecule has 0 radical (unpaired) electrons. The molecule has 28 heavy (non-hydrogen) atoms. The number of rotatable bonds is 4. The normalized spacial score (nSPS) is 17.5. The van der Waals surface area contributed by atoms with Gasteiger partial charge < -0.3 is 19.4 Å². The van der Waals surface area contributed by atoms with Crippen LogP contribution in [0.5, 0.6) is 5.88 Å². The van der Waals surface area contributed by atoms with Crippen LogP contribution >= 0.6 is 0 Å². The van der Waals surface area contributed by atoms with Crippen LogP contribution in [-0.4, -0.2) is 72.1 Å². The number of piperazine rings is 1. The molecule has 2 saturated heterocycles. The summed E-state index contributed by atoms with van der Waals surface area (Å²) in [5.74, 6) is 2.08. The fourth-order valence-corrected chi connectivity index (χ4v) is 3.79. The van der Waals surface area contributed by atoms with Gasteiger partial charge in [0.2, 0.25) is 11.8 Å². The van der Waals surface area contributed by atoms with E-state index in [2.05, 4.69) is 19.8 Å². The number of pyridine rings is 1. The van der Waals surface area contributed by atoms with Gasteiger partial charge in [-0.3, -0.25) is 4.79 Å². The van der Waals surface area contributed by atoms with E-state index in [1.54, 1.807) is 18.3 Å². The average Bonchev–Trinajstić information content (AvgIpc) is 2.79. The Morgan fingerprint density at radius 2 is 1.71 bits per heavy atom. The first-order valence-corrected chi connectivity index (χ1v) is 9.87. The number of methoxy groups -OCH3 is 1. The molecule has 2 aromatic rings. The number of carbonyl (C=O) groups is 1. The van der Waals surface area contributed by atoms with Crippen molar-refractivity contribution in [2.75, 3.05) is 56.2 Å². The first-order chi connectivity index (χ1) is 13.8. The molecule has 8 heteroatoms. The molecule has 0 atom stereocenters. The van der Waals surface area contributed by atoms with Crippen molar-refractivity contribution < 1.29 is 9.53 Å². The Hall–Kier alpha value is -2.90. The van der Waals surface area contributed by atoms with Crippen molar-refractivity contribution in [1.82, 2.24) is 19.9 Å². The van der Waals surface area contributed by atoms with Gasteiger partial charge in [-0.05, 0) is 37.5 Å². The third-order valence-corrected chi connectivity index (χ3v) is 5.35. The van der Waals surface area contributed by atoms with Crippen molar-refractivity contribution in [3.63, 3.8) is 0 Å². The Balaban J connectivity index is 1.41. The molecule has 2 aromatic heterocycles. The van der Waals surface area contributed by atoms with E-state index in [0.29, 0.717) is 24.5 Å². The van der Waals surface area contributed by atoms with Crippen LogP contribution in [0.4, 0.5) is 11.8 Å². The molecule has 4 rings (SSSR count). The molecule has 8 nitrogen and oxygen atoms in total. The van der Waals surface area contributed by atoms with Crippen molar-refractivity contribution in [2.24, 2.45) is 0 Å². The highest BCUT2D eigenvalue weighted by Gasteiger charge is 2.25. The molecule has 2 aliphatic heterocycles. The summed E-state index contributed by atoms with van der Waals surface area (Å²) in [6.07, 6.45) is 7.15. The zero-order valence-electron chi connectivity index (χ0n) is 16.3. The molecule has 0 unspecified atom stereocenters. The third-order valence-electron chi connectivity index (χ3n) is 5.35. The van der Waals surface area contributed by atoms with Gasteiger partial charge >= 0.3 is 0 Å². The number of nitrogens with zero attached hydrogens (tertiary/aromatic N) is 6. The third kappa shape index (κ3) is 3.85. The first-order valence-electron chi connectivity index (χ1n) is 9.87. The highest BCUT2D eigenvalue weighted by molar-refractivity contribution is 5.96. The van der Waals surface area contributed by atoms with Crippen LogP contribution < -0.4 is 14.5 Å². The number of piperidine rings is 1. The fourth-order valence-electron chi connectivity index (χ4n) is 3.79. The number of carbonyl (C=O) groups excluding carboxylic acids is 1. The predicted molar refractivity (Wildman–Crippen MR) is 107 cm³/mol. The van der Waals surface area contributed by atoms with Crippen molar-refractivity contribution in [2.45, 2.75) is 19.3 Å². The van der Waals surface area contributed by atoms with E-state index < -0.39 is 0 Å². The summed E-state index contributed by atoms with van der Waals surface area (Å²) in [4.78, 5) is 32.5. The second-order valence-electron chi connectivity index (χ2n) is 7.10. The maximum Gasteiger partial charge on any atom is 0.259 e. The molecule has 0 bridgehead atoms. The Kier molecular flexibility index (Phi) is 5.55. The molecule has 0 spiro atoms. The number of anilines is 2. The standard InChI is InChI=1S/C20H26N6O2/c1-28-18-16(6-5-8-21-18)19(27)25-14-12-24(13-15-25)17-7-9-22-20(23-17)26-10-3-2-4-11-26/h5-9H,2-4,10-15H2,1H3. The Labute approximate surface area is 165 Å². The van der Waals surface area contributed by atoms with Crippen molar-refractivity contribution in [3.8, 4) is 5.88 Å². The second kappa shape index (κ2) is 8.41. The number of ether oxygens (including phenoxy) is 1. The van der Waals surface area contributed by atoms with Gasteiger partial charge in [0.25, 0.3) is 5.91 Å². The quantitative estimate of drug-likeness (QED) is 0.799. The monoisotopic (exact) mass is 382 g/mol. The molecule has 0 N–H and O–H groups in total. The lowest BCUT2D eigenvalue weighted by Crippen LogP contribution is -2.49. The summed E-state index contributed by atoms with van der Waals surface area (Å²) >= 11 is 0. The number of aromatic nitrogens is 3. The Morgan fingerprint density at radius 1 is 0.929 bits per heavy atom. The molecule has 0 saturated carbocycles. The molecule has 2 aliphatic rings. The maximum absolute atomic E-state index is 12.8. The van der Waals surface area contributed by atoms with Crippen LogP contribution in [0.2, 0.25) is 0 Å². The minimum absolute atomic E-state index is 0.0405. The number of hydrogen-bond acceptors (Lipinski definition) is 7. The molecule has 0 aliphatic carbocycles. The van der Waals surface area contributed by atoms with Gasteiger partial charge in [0.05, 0.1) is 7.11 Å². The van der Waals surface area contributed by atoms with Crippen LogP contribution in [0.25, 0.3) is 0 Å². The summed E-state index contributed by atoms with van der Waals surface area (Å²) in [6.45, 7) is 4.81. The number of hydrogen-bond donors (Lipinski definition) is 0. The average molecular weight is 382 g/mol. The summed E-state index contributed by atoms with van der Waals surface area (Å²) in [5, 5.41) is 0. The second-order valence-corrected chi connectivity index (χ2v) is 7.10. The van der Waals surface area contributed by atoms with Gasteiger partial charge in [-0.2, -0.15) is 4.98 Å². The molecule has 148 valence electrons. The van der Waals surface area contributed by atoms with Gasteiger partial charge in [0.15, 0.2) is 0 Å². The zero-order valence-corrected chi connectivity index (χ0v) is 16.3. The smallest absolute Gasteiger partial charge is 0.259 e. The van der Waals surface area contributed by atoms with Crippen LogP contribution in [0.15, 0.2) is 30.6 Å². The predicted octanol–water partition coefficient (Wildman–Crippen LogP) is 1.83. The van der Waals surface area contributed by atoms with Crippen LogP contribution in [0, 0.1) is 0 Å². The summed E-state index contributed by atoms with van der Waals surface area (Å²) < 4.78 is 5.23. The molecule has 4 heterocycles. The van der Waals surface area contributed by atoms with Crippen LogP contribution in [0.3, 0.4) is 0 Å². The fraction of sp³-hybridized carbons (Fsp3) is 0.500. The van der Waals surface area contributed by atoms with Gasteiger partial charge in [-0.25, -0.2) is 9.97 Å². The van der Waals surface area contributed by atoms with Gasteiger partial charge in [0.1, 0.15) is 11.4 Å². The van der Waals surface area contributed by atoms with E-state index in [9.17, 15) is 4.79 Å². The van der Waals surface area contributed by atoms with Crippen molar-refractivity contribution >= 4 is 17.7 Å². The largest absolute Gasteiger partial charge is 0.480 e. The lowest BCUT2D eigenvalue weighted by Gasteiger charge is -2.36. The summed E-state index contributed by atoms with van der Waals surface area (Å²) in [5.41, 5.74) is 0.507. The van der Waals surface area contributed by atoms with E-state index in [1.165, 1.54) is 26.4 Å². The zero-order chi connectivity index (χ0) is 19.3. The van der Waals surface area contributed by atoms with E-state index >= 15 is 0 Å². The summed E-state index contributed by atoms with van der Waals surface area (Å²) in [6, 6.07) is 5.47. The van der Waals surface area contributed by atoms with Gasteiger partial charge in [-0.15, -0.1) is 0 Å². The maximum atomic E-state index is 12.8.